The Bertz CT molecular complexity index is 592. The molecule has 0 radical (unpaired) electrons. The van der Waals surface area contributed by atoms with Crippen molar-refractivity contribution in [1.29, 1.82) is 0 Å². The first kappa shape index (κ1) is 17.5. The van der Waals surface area contributed by atoms with Crippen LogP contribution < -0.4 is 15.1 Å². The van der Waals surface area contributed by atoms with Crippen LogP contribution in [-0.2, 0) is 16.0 Å². The highest BCUT2D eigenvalue weighted by Gasteiger charge is 2.32. The van der Waals surface area contributed by atoms with E-state index < -0.39 is 0 Å². The second-order valence-corrected chi connectivity index (χ2v) is 7.41. The fraction of sp³-hybridized carbons (Fsp3) is 0.556. The summed E-state index contributed by atoms with van der Waals surface area (Å²) in [4.78, 5) is 27.6. The number of likely N-dealkylation sites (N-methyl/N-ethyl adjacent to an activating group) is 1. The number of nitrogens with one attached hydrogen (secondary N) is 2. The Morgan fingerprint density at radius 3 is 2.61 bits per heavy atom. The van der Waals surface area contributed by atoms with Gasteiger partial charge in [0.15, 0.2) is 12.6 Å². The van der Waals surface area contributed by atoms with Gasteiger partial charge in [0.05, 0.1) is 7.05 Å². The van der Waals surface area contributed by atoms with E-state index in [4.69, 9.17) is 0 Å². The first-order valence-corrected chi connectivity index (χ1v) is 8.21. The van der Waals surface area contributed by atoms with Crippen LogP contribution in [0, 0.1) is 0 Å². The average Bonchev–Trinajstić information content (AvgIpc) is 2.87. The molecule has 0 fully saturated rings. The molecule has 1 aliphatic rings. The molecule has 2 N–H and O–H groups in total. The van der Waals surface area contributed by atoms with E-state index in [1.807, 2.05) is 57.8 Å². The minimum Gasteiger partial charge on any atom is -0.347 e. The van der Waals surface area contributed by atoms with Gasteiger partial charge < -0.3 is 15.1 Å². The molecule has 2 rings (SSSR count). The Labute approximate surface area is 138 Å². The fourth-order valence-corrected chi connectivity index (χ4v) is 2.88. The molecule has 1 aromatic carbocycles. The Hall–Kier alpha value is -1.88. The summed E-state index contributed by atoms with van der Waals surface area (Å²) in [7, 11) is 1.90. The van der Waals surface area contributed by atoms with Crippen molar-refractivity contribution < 1.29 is 14.5 Å². The molecule has 1 aliphatic heterocycles. The van der Waals surface area contributed by atoms with E-state index in [2.05, 4.69) is 11.4 Å². The summed E-state index contributed by atoms with van der Waals surface area (Å²) in [5.41, 5.74) is 1.98. The monoisotopic (exact) mass is 318 g/mol. The van der Waals surface area contributed by atoms with Crippen molar-refractivity contribution in [3.05, 3.63) is 29.8 Å². The average molecular weight is 318 g/mol. The largest absolute Gasteiger partial charge is 0.347 e. The highest BCUT2D eigenvalue weighted by molar-refractivity contribution is 5.98. The summed E-state index contributed by atoms with van der Waals surface area (Å²) in [6, 6.07) is 7.77. The second kappa shape index (κ2) is 6.71. The van der Waals surface area contributed by atoms with E-state index in [0.717, 1.165) is 23.6 Å². The van der Waals surface area contributed by atoms with E-state index in [0.29, 0.717) is 6.54 Å². The van der Waals surface area contributed by atoms with Crippen LogP contribution in [-0.4, -0.2) is 43.5 Å². The van der Waals surface area contributed by atoms with Crippen LogP contribution in [0.5, 0.6) is 0 Å². The standard InChI is InChI=1S/C18H27N3O2/c1-13(20(5)12-16(22)19-18(2,3)4)17(23)21-11-10-14-8-6-7-9-15(14)21/h6-9,13H,10-12H2,1-5H3,(H,19,22)/p+1/t13-/m0/s1. The molecular formula is C18H28N3O2+. The van der Waals surface area contributed by atoms with Crippen molar-refractivity contribution in [2.24, 2.45) is 0 Å². The minimum atomic E-state index is -0.258. The maximum atomic E-state index is 12.8. The predicted octanol–water partition coefficient (Wildman–Crippen LogP) is 0.394. The first-order valence-electron chi connectivity index (χ1n) is 8.21. The minimum absolute atomic E-state index is 0.0310. The lowest BCUT2D eigenvalue weighted by Gasteiger charge is -2.27. The van der Waals surface area contributed by atoms with Gasteiger partial charge in [-0.25, -0.2) is 0 Å². The molecule has 1 heterocycles. The number of amides is 2. The third-order valence-electron chi connectivity index (χ3n) is 4.22. The van der Waals surface area contributed by atoms with Crippen molar-refractivity contribution in [2.75, 3.05) is 25.0 Å². The molecular weight excluding hydrogens is 290 g/mol. The Balaban J connectivity index is 1.99. The molecule has 0 saturated heterocycles. The number of para-hydroxylation sites is 1. The van der Waals surface area contributed by atoms with Crippen molar-refractivity contribution >= 4 is 17.5 Å². The Morgan fingerprint density at radius 1 is 1.30 bits per heavy atom. The van der Waals surface area contributed by atoms with Gasteiger partial charge in [-0.2, -0.15) is 0 Å². The number of carbonyl (C=O) groups excluding carboxylic acids is 2. The molecule has 5 heteroatoms. The van der Waals surface area contributed by atoms with E-state index in [1.165, 1.54) is 5.56 Å². The molecule has 1 aromatic rings. The molecule has 0 bridgehead atoms. The Kier molecular flexibility index (Phi) is 5.09. The summed E-state index contributed by atoms with van der Waals surface area (Å²) < 4.78 is 0. The molecule has 5 nitrogen and oxygen atoms in total. The third kappa shape index (κ3) is 4.32. The smallest absolute Gasteiger partial charge is 0.284 e. The van der Waals surface area contributed by atoms with E-state index in [9.17, 15) is 9.59 Å². The highest BCUT2D eigenvalue weighted by Crippen LogP contribution is 2.27. The summed E-state index contributed by atoms with van der Waals surface area (Å²) in [6.45, 7) is 8.77. The number of benzene rings is 1. The lowest BCUT2D eigenvalue weighted by molar-refractivity contribution is -0.885. The van der Waals surface area contributed by atoms with Crippen LogP contribution in [0.2, 0.25) is 0 Å². The summed E-state index contributed by atoms with van der Waals surface area (Å²) in [5, 5.41) is 2.94. The maximum Gasteiger partial charge on any atom is 0.284 e. The fourth-order valence-electron chi connectivity index (χ4n) is 2.88. The molecule has 1 unspecified atom stereocenters. The van der Waals surface area contributed by atoms with Crippen LogP contribution in [0.15, 0.2) is 24.3 Å². The van der Waals surface area contributed by atoms with Crippen molar-refractivity contribution in [3.63, 3.8) is 0 Å². The van der Waals surface area contributed by atoms with Crippen molar-refractivity contribution in [1.82, 2.24) is 5.32 Å². The van der Waals surface area contributed by atoms with Gasteiger partial charge in [-0.1, -0.05) is 18.2 Å². The second-order valence-electron chi connectivity index (χ2n) is 7.41. The number of hydrogen-bond acceptors (Lipinski definition) is 2. The zero-order chi connectivity index (χ0) is 17.2. The van der Waals surface area contributed by atoms with Gasteiger partial charge in [-0.15, -0.1) is 0 Å². The molecule has 0 aromatic heterocycles. The molecule has 23 heavy (non-hydrogen) atoms. The van der Waals surface area contributed by atoms with Gasteiger partial charge in [0.2, 0.25) is 0 Å². The van der Waals surface area contributed by atoms with Crippen LogP contribution in [0.25, 0.3) is 0 Å². The number of hydrogen-bond donors (Lipinski definition) is 2. The SMILES string of the molecule is C[C@@H](C(=O)N1CCc2ccccc21)[NH+](C)CC(=O)NC(C)(C)C. The van der Waals surface area contributed by atoms with Gasteiger partial charge in [-0.05, 0) is 45.7 Å². The zero-order valence-corrected chi connectivity index (χ0v) is 14.8. The van der Waals surface area contributed by atoms with E-state index in [1.54, 1.807) is 0 Å². The lowest BCUT2D eigenvalue weighted by atomic mass is 10.1. The van der Waals surface area contributed by atoms with Gasteiger partial charge in [0, 0.05) is 17.8 Å². The highest BCUT2D eigenvalue weighted by atomic mass is 16.2. The molecule has 0 spiro atoms. The van der Waals surface area contributed by atoms with Gasteiger partial charge in [0.1, 0.15) is 0 Å². The maximum absolute atomic E-state index is 12.8. The summed E-state index contributed by atoms with van der Waals surface area (Å²) >= 11 is 0. The van der Waals surface area contributed by atoms with Crippen LogP contribution in [0.3, 0.4) is 0 Å². The van der Waals surface area contributed by atoms with E-state index in [-0.39, 0.29) is 23.4 Å². The van der Waals surface area contributed by atoms with Gasteiger partial charge >= 0.3 is 0 Å². The molecule has 0 saturated carbocycles. The molecule has 2 amide bonds. The number of anilines is 1. The van der Waals surface area contributed by atoms with Crippen molar-refractivity contribution in [2.45, 2.75) is 45.7 Å². The topological polar surface area (TPSA) is 53.9 Å². The van der Waals surface area contributed by atoms with Crippen LogP contribution >= 0.6 is 0 Å². The number of quaternary nitrogens is 1. The Morgan fingerprint density at radius 2 is 1.96 bits per heavy atom. The number of rotatable bonds is 4. The van der Waals surface area contributed by atoms with Crippen LogP contribution in [0.1, 0.15) is 33.3 Å². The molecule has 126 valence electrons. The number of fused-ring (bicyclic) bond motifs is 1. The predicted molar refractivity (Wildman–Crippen MR) is 91.6 cm³/mol. The summed E-state index contributed by atoms with van der Waals surface area (Å²) in [5.74, 6) is 0.0486. The lowest BCUT2D eigenvalue weighted by Crippen LogP contribution is -3.15. The number of nitrogens with zero attached hydrogens (tertiary/aromatic N) is 1. The normalized spacial score (nSPS) is 16.7. The quantitative estimate of drug-likeness (QED) is 0.844. The van der Waals surface area contributed by atoms with Gasteiger partial charge in [-0.3, -0.25) is 9.59 Å². The van der Waals surface area contributed by atoms with Gasteiger partial charge in [0.25, 0.3) is 11.8 Å². The number of carbonyl (C=O) groups is 2. The van der Waals surface area contributed by atoms with E-state index >= 15 is 0 Å². The molecule has 0 aliphatic carbocycles. The zero-order valence-electron chi connectivity index (χ0n) is 14.8. The third-order valence-corrected chi connectivity index (χ3v) is 4.22. The summed E-state index contributed by atoms with van der Waals surface area (Å²) in [6.07, 6.45) is 0.901. The first-order chi connectivity index (χ1) is 10.7. The molecule has 2 atom stereocenters. The van der Waals surface area contributed by atoms with Crippen molar-refractivity contribution in [3.8, 4) is 0 Å². The van der Waals surface area contributed by atoms with Crippen LogP contribution in [0.4, 0.5) is 5.69 Å².